The number of nitrogens with zero attached hydrogens (tertiary/aromatic N) is 1. The second-order valence-electron chi connectivity index (χ2n) is 8.30. The molecule has 1 aromatic carbocycles. The molecule has 1 atom stereocenters. The maximum absolute atomic E-state index is 12.3. The van der Waals surface area contributed by atoms with Crippen LogP contribution in [-0.4, -0.2) is 18.2 Å². The average Bonchev–Trinajstić information content (AvgIpc) is 2.68. The molecule has 0 radical (unpaired) electrons. The first kappa shape index (κ1) is 16.4. The van der Waals surface area contributed by atoms with Crippen molar-refractivity contribution < 1.29 is 9.52 Å². The predicted octanol–water partition coefficient (Wildman–Crippen LogP) is 4.11. The molecule has 4 nitrogen and oxygen atoms in total. The summed E-state index contributed by atoms with van der Waals surface area (Å²) in [5.41, 5.74) is 5.06. The highest BCUT2D eigenvalue weighted by molar-refractivity contribution is 5.90. The molecule has 0 bridgehead atoms. The molecule has 3 aliphatic rings. The number of aliphatic hydroxyl groups is 1. The number of benzene rings is 1. The molecule has 1 saturated carbocycles. The van der Waals surface area contributed by atoms with Gasteiger partial charge in [-0.1, -0.05) is 19.3 Å². The Kier molecular flexibility index (Phi) is 4.04. The van der Waals surface area contributed by atoms with Gasteiger partial charge < -0.3 is 14.4 Å². The molecule has 1 unspecified atom stereocenters. The lowest BCUT2D eigenvalue weighted by molar-refractivity contribution is 0.0856. The van der Waals surface area contributed by atoms with Gasteiger partial charge in [-0.25, -0.2) is 4.79 Å². The SMILES string of the molecule is O=c1cc(C(O)C2CCCCC2)c2cc3c4c(c2o1)CCCN4CCC3. The highest BCUT2D eigenvalue weighted by Crippen LogP contribution is 2.43. The molecule has 1 N–H and O–H groups in total. The van der Waals surface area contributed by atoms with E-state index in [4.69, 9.17) is 4.42 Å². The molecule has 1 aromatic heterocycles. The molecule has 1 aliphatic carbocycles. The van der Waals surface area contributed by atoms with Crippen molar-refractivity contribution in [2.24, 2.45) is 5.92 Å². The average molecular weight is 353 g/mol. The van der Waals surface area contributed by atoms with Crippen LogP contribution >= 0.6 is 0 Å². The summed E-state index contributed by atoms with van der Waals surface area (Å²) in [7, 11) is 0. The lowest BCUT2D eigenvalue weighted by Gasteiger charge is -2.37. The number of aliphatic hydroxyl groups excluding tert-OH is 1. The minimum atomic E-state index is -0.560. The van der Waals surface area contributed by atoms with E-state index in [-0.39, 0.29) is 11.5 Å². The number of rotatable bonds is 2. The molecule has 2 aromatic rings. The van der Waals surface area contributed by atoms with Crippen molar-refractivity contribution in [1.29, 1.82) is 0 Å². The molecular weight excluding hydrogens is 326 g/mol. The number of hydrogen-bond donors (Lipinski definition) is 1. The zero-order valence-electron chi connectivity index (χ0n) is 15.3. The van der Waals surface area contributed by atoms with E-state index in [9.17, 15) is 9.90 Å². The van der Waals surface area contributed by atoms with Gasteiger partial charge in [0.25, 0.3) is 0 Å². The van der Waals surface area contributed by atoms with Crippen LogP contribution in [0.2, 0.25) is 0 Å². The molecule has 0 amide bonds. The van der Waals surface area contributed by atoms with Crippen molar-refractivity contribution in [3.05, 3.63) is 39.2 Å². The molecule has 0 saturated heterocycles. The van der Waals surface area contributed by atoms with Crippen LogP contribution in [0.25, 0.3) is 11.0 Å². The lowest BCUT2D eigenvalue weighted by atomic mass is 9.81. The van der Waals surface area contributed by atoms with Crippen LogP contribution in [0.5, 0.6) is 0 Å². The molecule has 5 rings (SSSR count). The van der Waals surface area contributed by atoms with Crippen molar-refractivity contribution in [3.8, 4) is 0 Å². The molecule has 138 valence electrons. The largest absolute Gasteiger partial charge is 0.422 e. The van der Waals surface area contributed by atoms with Crippen molar-refractivity contribution >= 4 is 16.7 Å². The van der Waals surface area contributed by atoms with Gasteiger partial charge in [0.2, 0.25) is 0 Å². The number of anilines is 1. The summed E-state index contributed by atoms with van der Waals surface area (Å²) in [6.45, 7) is 2.19. The summed E-state index contributed by atoms with van der Waals surface area (Å²) in [5, 5.41) is 12.1. The maximum atomic E-state index is 12.3. The van der Waals surface area contributed by atoms with Gasteiger partial charge in [-0.15, -0.1) is 0 Å². The zero-order chi connectivity index (χ0) is 17.7. The van der Waals surface area contributed by atoms with Gasteiger partial charge in [-0.05, 0) is 61.6 Å². The lowest BCUT2D eigenvalue weighted by Crippen LogP contribution is -2.34. The van der Waals surface area contributed by atoms with Crippen LogP contribution in [0, 0.1) is 5.92 Å². The Morgan fingerprint density at radius 2 is 1.81 bits per heavy atom. The van der Waals surface area contributed by atoms with E-state index in [1.54, 1.807) is 6.07 Å². The minimum Gasteiger partial charge on any atom is -0.422 e. The van der Waals surface area contributed by atoms with E-state index in [2.05, 4.69) is 11.0 Å². The van der Waals surface area contributed by atoms with Crippen LogP contribution in [0.3, 0.4) is 0 Å². The molecule has 1 fully saturated rings. The Hall–Kier alpha value is -1.81. The van der Waals surface area contributed by atoms with E-state index >= 15 is 0 Å². The van der Waals surface area contributed by atoms with Gasteiger partial charge in [0.15, 0.2) is 0 Å². The normalized spacial score (nSPS) is 21.7. The smallest absolute Gasteiger partial charge is 0.336 e. The fourth-order valence-electron chi connectivity index (χ4n) is 5.45. The van der Waals surface area contributed by atoms with Crippen molar-refractivity contribution in [2.45, 2.75) is 63.9 Å². The van der Waals surface area contributed by atoms with Gasteiger partial charge in [-0.3, -0.25) is 0 Å². The summed E-state index contributed by atoms with van der Waals surface area (Å²) >= 11 is 0. The summed E-state index contributed by atoms with van der Waals surface area (Å²) in [5.74, 6) is 0.262. The maximum Gasteiger partial charge on any atom is 0.336 e. The summed E-state index contributed by atoms with van der Waals surface area (Å²) < 4.78 is 5.72. The summed E-state index contributed by atoms with van der Waals surface area (Å²) in [6, 6.07) is 3.75. The fraction of sp³-hybridized carbons (Fsp3) is 0.591. The Labute approximate surface area is 153 Å². The molecule has 0 spiro atoms. The third-order valence-electron chi connectivity index (χ3n) is 6.67. The third kappa shape index (κ3) is 2.58. The first-order chi connectivity index (χ1) is 12.7. The van der Waals surface area contributed by atoms with Crippen molar-refractivity contribution in [3.63, 3.8) is 0 Å². The van der Waals surface area contributed by atoms with E-state index in [0.717, 1.165) is 61.7 Å². The van der Waals surface area contributed by atoms with Crippen LogP contribution in [-0.2, 0) is 12.8 Å². The van der Waals surface area contributed by atoms with Gasteiger partial charge >= 0.3 is 5.63 Å². The first-order valence-corrected chi connectivity index (χ1v) is 10.3. The van der Waals surface area contributed by atoms with Crippen LogP contribution < -0.4 is 10.5 Å². The number of aryl methyl sites for hydroxylation is 2. The predicted molar refractivity (Wildman–Crippen MR) is 103 cm³/mol. The highest BCUT2D eigenvalue weighted by Gasteiger charge is 2.30. The van der Waals surface area contributed by atoms with Crippen LogP contribution in [0.1, 0.15) is 67.7 Å². The van der Waals surface area contributed by atoms with E-state index in [0.29, 0.717) is 0 Å². The van der Waals surface area contributed by atoms with E-state index < -0.39 is 6.10 Å². The molecule has 3 heterocycles. The summed E-state index contributed by atoms with van der Waals surface area (Å²) in [6.07, 6.45) is 9.47. The topological polar surface area (TPSA) is 53.7 Å². The van der Waals surface area contributed by atoms with Crippen molar-refractivity contribution in [2.75, 3.05) is 18.0 Å². The Balaban J connectivity index is 1.71. The van der Waals surface area contributed by atoms with Gasteiger partial charge in [0.1, 0.15) is 5.58 Å². The molecule has 2 aliphatic heterocycles. The van der Waals surface area contributed by atoms with E-state index in [1.807, 2.05) is 0 Å². The van der Waals surface area contributed by atoms with Gasteiger partial charge in [-0.2, -0.15) is 0 Å². The Bertz CT molecular complexity index is 892. The number of hydrogen-bond acceptors (Lipinski definition) is 4. The second kappa shape index (κ2) is 6.41. The van der Waals surface area contributed by atoms with Gasteiger partial charge in [0, 0.05) is 35.8 Å². The molecule has 4 heteroatoms. The van der Waals surface area contributed by atoms with Crippen LogP contribution in [0.4, 0.5) is 5.69 Å². The molecule has 26 heavy (non-hydrogen) atoms. The monoisotopic (exact) mass is 353 g/mol. The van der Waals surface area contributed by atoms with Gasteiger partial charge in [0.05, 0.1) is 6.10 Å². The quantitative estimate of drug-likeness (QED) is 0.826. The standard InChI is InChI=1S/C22H27NO3/c24-19-13-17(21(25)14-6-2-1-3-7-14)18-12-15-8-4-10-23-11-5-9-16(20(15)23)22(18)26-19/h12-14,21,25H,1-11H2. The second-order valence-corrected chi connectivity index (χ2v) is 8.30. The number of fused-ring (bicyclic) bond motifs is 2. The first-order valence-electron chi connectivity index (χ1n) is 10.3. The van der Waals surface area contributed by atoms with E-state index in [1.165, 1.54) is 42.5 Å². The molecular formula is C22H27NO3. The van der Waals surface area contributed by atoms with Crippen molar-refractivity contribution in [1.82, 2.24) is 0 Å². The highest BCUT2D eigenvalue weighted by atomic mass is 16.4. The Morgan fingerprint density at radius 1 is 1.04 bits per heavy atom. The summed E-state index contributed by atoms with van der Waals surface area (Å²) in [4.78, 5) is 14.8. The zero-order valence-corrected chi connectivity index (χ0v) is 15.3. The fourth-order valence-corrected chi connectivity index (χ4v) is 5.45. The Morgan fingerprint density at radius 3 is 2.62 bits per heavy atom. The van der Waals surface area contributed by atoms with Crippen LogP contribution in [0.15, 0.2) is 21.3 Å². The minimum absolute atomic E-state index is 0.262. The third-order valence-corrected chi connectivity index (χ3v) is 6.67.